The number of carboxylic acid groups (broad SMARTS) is 1. The number of carbonyl (C=O) groups is 2. The maximum absolute atomic E-state index is 12.1. The standard InChI is InChI=1S/C13H17NO4S/c15-10(13(17)18)4-6-14-12(16)9-2-1-3-11-8(9)5-7-19-11/h5,7,9-10,15H,1-4,6H2,(H,14,16)(H,17,18)/t9?,10-/m0/s1. The van der Waals surface area contributed by atoms with Crippen molar-refractivity contribution in [2.45, 2.75) is 37.7 Å². The Morgan fingerprint density at radius 3 is 3.05 bits per heavy atom. The monoisotopic (exact) mass is 283 g/mol. The highest BCUT2D eigenvalue weighted by molar-refractivity contribution is 7.10. The van der Waals surface area contributed by atoms with Gasteiger partial charge in [0.2, 0.25) is 5.91 Å². The summed E-state index contributed by atoms with van der Waals surface area (Å²) in [6, 6.07) is 2.00. The van der Waals surface area contributed by atoms with Crippen molar-refractivity contribution in [3.63, 3.8) is 0 Å². The van der Waals surface area contributed by atoms with Gasteiger partial charge in [0.25, 0.3) is 0 Å². The number of aliphatic carboxylic acids is 1. The van der Waals surface area contributed by atoms with E-state index in [-0.39, 0.29) is 24.8 Å². The molecule has 0 saturated heterocycles. The molecule has 0 fully saturated rings. The summed E-state index contributed by atoms with van der Waals surface area (Å²) in [5, 5.41) is 22.4. The third-order valence-corrected chi connectivity index (χ3v) is 4.37. The largest absolute Gasteiger partial charge is 0.479 e. The van der Waals surface area contributed by atoms with E-state index in [1.165, 1.54) is 4.88 Å². The highest BCUT2D eigenvalue weighted by Gasteiger charge is 2.27. The van der Waals surface area contributed by atoms with Crippen LogP contribution in [0.3, 0.4) is 0 Å². The van der Waals surface area contributed by atoms with Gasteiger partial charge in [-0.15, -0.1) is 11.3 Å². The lowest BCUT2D eigenvalue weighted by molar-refractivity contribution is -0.147. The van der Waals surface area contributed by atoms with Crippen LogP contribution in [0.25, 0.3) is 0 Å². The number of aryl methyl sites for hydroxylation is 1. The van der Waals surface area contributed by atoms with Crippen molar-refractivity contribution in [2.75, 3.05) is 6.54 Å². The molecule has 1 amide bonds. The van der Waals surface area contributed by atoms with Crippen molar-refractivity contribution in [3.05, 3.63) is 21.9 Å². The second-order valence-electron chi connectivity index (χ2n) is 4.68. The van der Waals surface area contributed by atoms with Crippen LogP contribution in [-0.2, 0) is 16.0 Å². The van der Waals surface area contributed by atoms with E-state index in [0.29, 0.717) is 0 Å². The molecule has 0 saturated carbocycles. The van der Waals surface area contributed by atoms with Crippen molar-refractivity contribution in [1.82, 2.24) is 5.32 Å². The topological polar surface area (TPSA) is 86.6 Å². The van der Waals surface area contributed by atoms with Gasteiger partial charge >= 0.3 is 5.97 Å². The highest BCUT2D eigenvalue weighted by atomic mass is 32.1. The van der Waals surface area contributed by atoms with E-state index in [4.69, 9.17) is 10.2 Å². The summed E-state index contributed by atoms with van der Waals surface area (Å²) in [6.07, 6.45) is 1.49. The van der Waals surface area contributed by atoms with Crippen molar-refractivity contribution in [3.8, 4) is 0 Å². The van der Waals surface area contributed by atoms with E-state index < -0.39 is 12.1 Å². The third kappa shape index (κ3) is 3.33. The molecule has 2 atom stereocenters. The molecule has 1 aromatic rings. The Labute approximate surface area is 115 Å². The Hall–Kier alpha value is -1.40. The summed E-state index contributed by atoms with van der Waals surface area (Å²) in [5.41, 5.74) is 1.10. The van der Waals surface area contributed by atoms with Gasteiger partial charge in [0.05, 0.1) is 5.92 Å². The summed E-state index contributed by atoms with van der Waals surface area (Å²) in [7, 11) is 0. The average molecular weight is 283 g/mol. The number of carboxylic acids is 1. The summed E-state index contributed by atoms with van der Waals surface area (Å²) >= 11 is 1.68. The Morgan fingerprint density at radius 2 is 2.32 bits per heavy atom. The summed E-state index contributed by atoms with van der Waals surface area (Å²) < 4.78 is 0. The number of amides is 1. The zero-order chi connectivity index (χ0) is 13.8. The summed E-state index contributed by atoms with van der Waals surface area (Å²) in [5.74, 6) is -1.46. The predicted octanol–water partition coefficient (Wildman–Crippen LogP) is 1.12. The molecular weight excluding hydrogens is 266 g/mol. The molecule has 2 rings (SSSR count). The van der Waals surface area contributed by atoms with Gasteiger partial charge in [-0.3, -0.25) is 4.79 Å². The first-order valence-corrected chi connectivity index (χ1v) is 7.22. The Morgan fingerprint density at radius 1 is 1.53 bits per heavy atom. The molecule has 0 spiro atoms. The fourth-order valence-electron chi connectivity index (χ4n) is 2.34. The number of thiophene rings is 1. The van der Waals surface area contributed by atoms with E-state index in [1.54, 1.807) is 11.3 Å². The van der Waals surface area contributed by atoms with Crippen LogP contribution in [0, 0.1) is 0 Å². The number of aliphatic hydroxyl groups is 1. The minimum Gasteiger partial charge on any atom is -0.479 e. The van der Waals surface area contributed by atoms with Gasteiger partial charge in [-0.25, -0.2) is 4.79 Å². The fraction of sp³-hybridized carbons (Fsp3) is 0.538. The minimum absolute atomic E-state index is 0.0320. The van der Waals surface area contributed by atoms with Crippen molar-refractivity contribution in [2.24, 2.45) is 0 Å². The molecule has 0 bridgehead atoms. The van der Waals surface area contributed by atoms with Gasteiger partial charge in [0, 0.05) is 17.8 Å². The lowest BCUT2D eigenvalue weighted by Crippen LogP contribution is -2.34. The number of fused-ring (bicyclic) bond motifs is 1. The molecule has 3 N–H and O–H groups in total. The predicted molar refractivity (Wildman–Crippen MR) is 71.3 cm³/mol. The van der Waals surface area contributed by atoms with Gasteiger partial charge in [-0.2, -0.15) is 0 Å². The molecule has 1 heterocycles. The van der Waals surface area contributed by atoms with Crippen molar-refractivity contribution in [1.29, 1.82) is 0 Å². The number of carbonyl (C=O) groups excluding carboxylic acids is 1. The molecule has 1 aliphatic rings. The summed E-state index contributed by atoms with van der Waals surface area (Å²) in [6.45, 7) is 0.183. The van der Waals surface area contributed by atoms with E-state index in [1.807, 2.05) is 11.4 Å². The molecule has 1 aromatic heterocycles. The zero-order valence-electron chi connectivity index (χ0n) is 10.5. The Kier molecular flexibility index (Phi) is 4.55. The molecule has 1 aliphatic carbocycles. The molecular formula is C13H17NO4S. The molecule has 0 aromatic carbocycles. The quantitative estimate of drug-likeness (QED) is 0.756. The molecule has 6 heteroatoms. The van der Waals surface area contributed by atoms with Gasteiger partial charge < -0.3 is 15.5 Å². The van der Waals surface area contributed by atoms with E-state index in [9.17, 15) is 9.59 Å². The van der Waals surface area contributed by atoms with E-state index in [2.05, 4.69) is 5.32 Å². The second-order valence-corrected chi connectivity index (χ2v) is 5.68. The maximum atomic E-state index is 12.1. The molecule has 19 heavy (non-hydrogen) atoms. The number of nitrogens with one attached hydrogen (secondary N) is 1. The summed E-state index contributed by atoms with van der Waals surface area (Å²) in [4.78, 5) is 23.8. The molecule has 0 radical (unpaired) electrons. The maximum Gasteiger partial charge on any atom is 0.332 e. The highest BCUT2D eigenvalue weighted by Crippen LogP contribution is 2.34. The van der Waals surface area contributed by atoms with Crippen LogP contribution in [0.1, 0.15) is 35.6 Å². The minimum atomic E-state index is -1.41. The molecule has 5 nitrogen and oxygen atoms in total. The third-order valence-electron chi connectivity index (χ3n) is 3.37. The number of rotatable bonds is 5. The van der Waals surface area contributed by atoms with Crippen LogP contribution in [0.15, 0.2) is 11.4 Å². The van der Waals surface area contributed by atoms with Crippen LogP contribution in [0.2, 0.25) is 0 Å². The zero-order valence-corrected chi connectivity index (χ0v) is 11.3. The van der Waals surface area contributed by atoms with E-state index >= 15 is 0 Å². The van der Waals surface area contributed by atoms with Gasteiger partial charge in [-0.05, 0) is 36.3 Å². The normalized spacial score (nSPS) is 19.5. The lowest BCUT2D eigenvalue weighted by Gasteiger charge is -2.22. The van der Waals surface area contributed by atoms with E-state index in [0.717, 1.165) is 24.8 Å². The number of aliphatic hydroxyl groups excluding tert-OH is 1. The molecule has 104 valence electrons. The van der Waals surface area contributed by atoms with Crippen LogP contribution in [0.5, 0.6) is 0 Å². The van der Waals surface area contributed by atoms with Crippen LogP contribution in [0.4, 0.5) is 0 Å². The number of hydrogen-bond acceptors (Lipinski definition) is 4. The average Bonchev–Trinajstić information content (AvgIpc) is 2.86. The van der Waals surface area contributed by atoms with Crippen LogP contribution >= 0.6 is 11.3 Å². The first-order chi connectivity index (χ1) is 9.09. The van der Waals surface area contributed by atoms with Crippen molar-refractivity contribution >= 4 is 23.2 Å². The van der Waals surface area contributed by atoms with Crippen LogP contribution < -0.4 is 5.32 Å². The SMILES string of the molecule is O=C(NCC[C@H](O)C(=O)O)C1CCCc2sccc21. The first-order valence-electron chi connectivity index (χ1n) is 6.34. The smallest absolute Gasteiger partial charge is 0.332 e. The Bertz CT molecular complexity index is 471. The lowest BCUT2D eigenvalue weighted by atomic mass is 9.87. The second kappa shape index (κ2) is 6.16. The Balaban J connectivity index is 1.87. The fourth-order valence-corrected chi connectivity index (χ4v) is 3.33. The number of hydrogen-bond donors (Lipinski definition) is 3. The van der Waals surface area contributed by atoms with Crippen molar-refractivity contribution < 1.29 is 19.8 Å². The first kappa shape index (κ1) is 14.0. The van der Waals surface area contributed by atoms with Gasteiger partial charge in [0.1, 0.15) is 0 Å². The molecule has 1 unspecified atom stereocenters. The van der Waals surface area contributed by atoms with Crippen LogP contribution in [-0.4, -0.2) is 34.7 Å². The van der Waals surface area contributed by atoms with Gasteiger partial charge in [-0.1, -0.05) is 0 Å². The van der Waals surface area contributed by atoms with Gasteiger partial charge in [0.15, 0.2) is 6.10 Å². The molecule has 0 aliphatic heterocycles.